The predicted molar refractivity (Wildman–Crippen MR) is 122 cm³/mol. The van der Waals surface area contributed by atoms with Gasteiger partial charge in [-0.1, -0.05) is 41.9 Å². The molecule has 3 aromatic rings. The second-order valence-corrected chi connectivity index (χ2v) is 7.43. The number of hydrazine groups is 1. The van der Waals surface area contributed by atoms with Crippen LogP contribution in [0.1, 0.15) is 10.4 Å². The van der Waals surface area contributed by atoms with E-state index in [2.05, 4.69) is 25.7 Å². The third kappa shape index (κ3) is 4.54. The number of halogens is 1. The van der Waals surface area contributed by atoms with E-state index in [9.17, 15) is 14.9 Å². The molecule has 1 fully saturated rings. The Hall–Kier alpha value is -3.92. The van der Waals surface area contributed by atoms with Crippen molar-refractivity contribution in [2.45, 2.75) is 0 Å². The molecule has 1 saturated heterocycles. The van der Waals surface area contributed by atoms with Crippen LogP contribution in [0.15, 0.2) is 60.9 Å². The highest BCUT2D eigenvalue weighted by atomic mass is 35.5. The number of rotatable bonds is 6. The number of hydrogen-bond donors (Lipinski definition) is 2. The van der Waals surface area contributed by atoms with Crippen LogP contribution >= 0.6 is 11.6 Å². The van der Waals surface area contributed by atoms with Gasteiger partial charge < -0.3 is 9.80 Å². The molecule has 164 valence electrons. The van der Waals surface area contributed by atoms with Crippen LogP contribution in [0.25, 0.3) is 0 Å². The Morgan fingerprint density at radius 2 is 1.62 bits per heavy atom. The lowest BCUT2D eigenvalue weighted by Crippen LogP contribution is -2.47. The first-order chi connectivity index (χ1) is 15.5. The number of nitrogens with one attached hydrogen (secondary N) is 2. The lowest BCUT2D eigenvalue weighted by molar-refractivity contribution is -0.383. The van der Waals surface area contributed by atoms with Crippen LogP contribution < -0.4 is 20.7 Å². The van der Waals surface area contributed by atoms with Crippen molar-refractivity contribution in [3.8, 4) is 0 Å². The second-order valence-electron chi connectivity index (χ2n) is 7.02. The highest BCUT2D eigenvalue weighted by molar-refractivity contribution is 6.33. The number of piperazine rings is 1. The van der Waals surface area contributed by atoms with Crippen molar-refractivity contribution in [3.05, 3.63) is 81.6 Å². The van der Waals surface area contributed by atoms with E-state index in [1.54, 1.807) is 24.3 Å². The van der Waals surface area contributed by atoms with Crippen LogP contribution in [0.5, 0.6) is 0 Å². The number of carbonyl (C=O) groups excluding carboxylic acids is 1. The summed E-state index contributed by atoms with van der Waals surface area (Å²) in [5.41, 5.74) is 5.99. The van der Waals surface area contributed by atoms with Crippen LogP contribution in [-0.2, 0) is 0 Å². The largest absolute Gasteiger partial charge is 0.368 e. The second kappa shape index (κ2) is 9.48. The molecule has 0 atom stereocenters. The molecule has 0 aliphatic carbocycles. The van der Waals surface area contributed by atoms with E-state index in [-0.39, 0.29) is 27.9 Å². The van der Waals surface area contributed by atoms with Crippen LogP contribution in [-0.4, -0.2) is 47.0 Å². The smallest absolute Gasteiger partial charge is 0.355 e. The van der Waals surface area contributed by atoms with Gasteiger partial charge in [0.05, 0.1) is 15.5 Å². The molecular formula is C21H20ClN7O3. The van der Waals surface area contributed by atoms with Gasteiger partial charge in [0.1, 0.15) is 6.33 Å². The zero-order valence-electron chi connectivity index (χ0n) is 16.9. The molecule has 0 unspecified atom stereocenters. The molecule has 1 aliphatic heterocycles. The fourth-order valence-corrected chi connectivity index (χ4v) is 3.73. The number of para-hydroxylation sites is 1. The van der Waals surface area contributed by atoms with Crippen LogP contribution in [0, 0.1) is 10.1 Å². The molecule has 11 heteroatoms. The van der Waals surface area contributed by atoms with E-state index in [0.717, 1.165) is 5.69 Å². The maximum Gasteiger partial charge on any atom is 0.355 e. The maximum atomic E-state index is 12.4. The monoisotopic (exact) mass is 453 g/mol. The molecule has 1 amide bonds. The molecule has 0 radical (unpaired) electrons. The third-order valence-electron chi connectivity index (χ3n) is 5.10. The first-order valence-electron chi connectivity index (χ1n) is 9.90. The first-order valence-corrected chi connectivity index (χ1v) is 10.3. The van der Waals surface area contributed by atoms with Crippen molar-refractivity contribution in [3.63, 3.8) is 0 Å². The third-order valence-corrected chi connectivity index (χ3v) is 5.43. The van der Waals surface area contributed by atoms with Crippen molar-refractivity contribution in [1.82, 2.24) is 15.4 Å². The van der Waals surface area contributed by atoms with Crippen molar-refractivity contribution in [2.75, 3.05) is 41.4 Å². The van der Waals surface area contributed by atoms with E-state index in [1.165, 1.54) is 6.33 Å². The summed E-state index contributed by atoms with van der Waals surface area (Å²) in [6.45, 7) is 2.49. The van der Waals surface area contributed by atoms with Gasteiger partial charge in [-0.2, -0.15) is 0 Å². The van der Waals surface area contributed by atoms with E-state index in [0.29, 0.717) is 26.2 Å². The van der Waals surface area contributed by atoms with E-state index in [4.69, 9.17) is 11.6 Å². The highest BCUT2D eigenvalue weighted by Gasteiger charge is 2.29. The Bertz CT molecular complexity index is 1120. The summed E-state index contributed by atoms with van der Waals surface area (Å²) in [5, 5.41) is 12.1. The van der Waals surface area contributed by atoms with Gasteiger partial charge in [-0.05, 0) is 24.3 Å². The quantitative estimate of drug-likeness (QED) is 0.432. The van der Waals surface area contributed by atoms with Crippen molar-refractivity contribution >= 4 is 40.5 Å². The normalized spacial score (nSPS) is 13.5. The van der Waals surface area contributed by atoms with Gasteiger partial charge in [0.2, 0.25) is 11.6 Å². The van der Waals surface area contributed by atoms with Gasteiger partial charge in [-0.25, -0.2) is 9.97 Å². The Kier molecular flexibility index (Phi) is 6.31. The summed E-state index contributed by atoms with van der Waals surface area (Å²) >= 11 is 6.03. The van der Waals surface area contributed by atoms with Crippen molar-refractivity contribution < 1.29 is 9.72 Å². The zero-order valence-corrected chi connectivity index (χ0v) is 17.7. The number of aromatic nitrogens is 2. The summed E-state index contributed by atoms with van der Waals surface area (Å²) in [6, 6.07) is 16.5. The molecule has 32 heavy (non-hydrogen) atoms. The number of amides is 1. The van der Waals surface area contributed by atoms with Crippen molar-refractivity contribution in [2.24, 2.45) is 0 Å². The van der Waals surface area contributed by atoms with Gasteiger partial charge in [0.15, 0.2) is 0 Å². The molecule has 10 nitrogen and oxygen atoms in total. The van der Waals surface area contributed by atoms with Crippen LogP contribution in [0.4, 0.5) is 23.0 Å². The number of hydrogen-bond acceptors (Lipinski definition) is 8. The number of carbonyl (C=O) groups is 1. The maximum absolute atomic E-state index is 12.4. The first kappa shape index (κ1) is 21.3. The van der Waals surface area contributed by atoms with Gasteiger partial charge in [-0.3, -0.25) is 25.8 Å². The Morgan fingerprint density at radius 1 is 0.969 bits per heavy atom. The molecule has 0 bridgehead atoms. The molecular weight excluding hydrogens is 434 g/mol. The molecule has 0 spiro atoms. The highest BCUT2D eigenvalue weighted by Crippen LogP contribution is 2.32. The van der Waals surface area contributed by atoms with Gasteiger partial charge in [0, 0.05) is 31.9 Å². The fraction of sp³-hybridized carbons (Fsp3) is 0.190. The standard InChI is InChI=1S/C21H20ClN7O3/c22-17-9-5-4-8-16(17)21(30)26-25-19-18(29(31)32)20(24-14-23-19)28-12-10-27(11-13-28)15-6-2-1-3-7-15/h1-9,14H,10-13H2,(H,26,30)(H,23,24,25). The average molecular weight is 454 g/mol. The molecule has 2 N–H and O–H groups in total. The summed E-state index contributed by atoms with van der Waals surface area (Å²) in [4.78, 5) is 35.9. The lowest BCUT2D eigenvalue weighted by Gasteiger charge is -2.36. The molecule has 0 saturated carbocycles. The molecule has 4 rings (SSSR count). The van der Waals surface area contributed by atoms with Gasteiger partial charge in [-0.15, -0.1) is 0 Å². The van der Waals surface area contributed by atoms with Crippen molar-refractivity contribution in [1.29, 1.82) is 0 Å². The summed E-state index contributed by atoms with van der Waals surface area (Å²) in [7, 11) is 0. The Morgan fingerprint density at radius 3 is 2.31 bits per heavy atom. The number of benzene rings is 2. The van der Waals surface area contributed by atoms with Gasteiger partial charge in [0.25, 0.3) is 5.91 Å². The number of anilines is 3. The number of nitrogens with zero attached hydrogens (tertiary/aromatic N) is 5. The topological polar surface area (TPSA) is 117 Å². The predicted octanol–water partition coefficient (Wildman–Crippen LogP) is 3.12. The molecule has 2 aromatic carbocycles. The Labute approximate surface area is 189 Å². The zero-order chi connectivity index (χ0) is 22.5. The minimum atomic E-state index is -0.553. The molecule has 1 aliphatic rings. The lowest BCUT2D eigenvalue weighted by atomic mass is 10.2. The summed E-state index contributed by atoms with van der Waals surface area (Å²) in [5.74, 6) is -0.445. The number of nitro groups is 1. The van der Waals surface area contributed by atoms with Crippen LogP contribution in [0.2, 0.25) is 5.02 Å². The molecule has 2 heterocycles. The average Bonchev–Trinajstić information content (AvgIpc) is 2.83. The summed E-state index contributed by atoms with van der Waals surface area (Å²) in [6.07, 6.45) is 1.23. The van der Waals surface area contributed by atoms with E-state index < -0.39 is 10.8 Å². The Balaban J connectivity index is 1.49. The van der Waals surface area contributed by atoms with E-state index in [1.807, 2.05) is 35.2 Å². The fourth-order valence-electron chi connectivity index (χ4n) is 3.50. The minimum Gasteiger partial charge on any atom is -0.368 e. The molecule has 1 aromatic heterocycles. The minimum absolute atomic E-state index is 0.106. The van der Waals surface area contributed by atoms with Crippen LogP contribution in [0.3, 0.4) is 0 Å². The summed E-state index contributed by atoms with van der Waals surface area (Å²) < 4.78 is 0. The SMILES string of the molecule is O=C(NNc1ncnc(N2CCN(c3ccccc3)CC2)c1[N+](=O)[O-])c1ccccc1Cl. The van der Waals surface area contributed by atoms with Gasteiger partial charge >= 0.3 is 5.69 Å². The van der Waals surface area contributed by atoms with E-state index >= 15 is 0 Å².